The molecular weight excluding hydrogens is 304 g/mol. The molecule has 1 aliphatic rings. The van der Waals surface area contributed by atoms with E-state index in [1.807, 2.05) is 31.2 Å². The summed E-state index contributed by atoms with van der Waals surface area (Å²) in [5.41, 5.74) is 3.71. The van der Waals surface area contributed by atoms with Gasteiger partial charge in [-0.2, -0.15) is 10.1 Å². The summed E-state index contributed by atoms with van der Waals surface area (Å²) in [4.78, 5) is 23.8. The zero-order valence-electron chi connectivity index (χ0n) is 13.4. The Kier molecular flexibility index (Phi) is 4.00. The van der Waals surface area contributed by atoms with E-state index in [0.29, 0.717) is 17.0 Å². The number of anilines is 1. The topological polar surface area (TPSA) is 70.0 Å². The molecule has 1 aliphatic heterocycles. The lowest BCUT2D eigenvalue weighted by Crippen LogP contribution is -2.21. The van der Waals surface area contributed by atoms with Gasteiger partial charge < -0.3 is 5.11 Å². The summed E-state index contributed by atoms with van der Waals surface area (Å²) in [5.74, 6) is -1.31. The van der Waals surface area contributed by atoms with Gasteiger partial charge in [-0.3, -0.25) is 4.79 Å². The van der Waals surface area contributed by atoms with E-state index in [4.69, 9.17) is 5.11 Å². The maximum atomic E-state index is 12.7. The van der Waals surface area contributed by atoms with E-state index >= 15 is 0 Å². The molecule has 1 amide bonds. The van der Waals surface area contributed by atoms with Crippen LogP contribution in [0.25, 0.3) is 6.08 Å². The predicted octanol–water partition coefficient (Wildman–Crippen LogP) is 3.50. The Balaban J connectivity index is 1.94. The molecule has 1 heterocycles. The number of aryl methyl sites for hydroxylation is 1. The quantitative estimate of drug-likeness (QED) is 0.880. The van der Waals surface area contributed by atoms with Crippen LogP contribution in [0.15, 0.2) is 59.2 Å². The Labute approximate surface area is 139 Å². The van der Waals surface area contributed by atoms with Crippen LogP contribution in [0, 0.1) is 6.92 Å². The van der Waals surface area contributed by atoms with Gasteiger partial charge in [0.25, 0.3) is 5.91 Å². The third-order valence-corrected chi connectivity index (χ3v) is 3.79. The van der Waals surface area contributed by atoms with Crippen molar-refractivity contribution in [1.29, 1.82) is 0 Å². The van der Waals surface area contributed by atoms with Crippen LogP contribution < -0.4 is 5.01 Å². The molecule has 0 saturated carbocycles. The van der Waals surface area contributed by atoms with Crippen molar-refractivity contribution in [3.05, 3.63) is 70.8 Å². The molecule has 5 nitrogen and oxygen atoms in total. The largest absolute Gasteiger partial charge is 0.478 e. The Hall–Kier alpha value is -3.21. The number of carboxylic acid groups (broad SMARTS) is 1. The maximum Gasteiger partial charge on any atom is 0.335 e. The van der Waals surface area contributed by atoms with E-state index in [0.717, 1.165) is 11.1 Å². The minimum Gasteiger partial charge on any atom is -0.478 e. The fourth-order valence-electron chi connectivity index (χ4n) is 2.46. The first kappa shape index (κ1) is 15.7. The molecule has 0 aromatic heterocycles. The van der Waals surface area contributed by atoms with Crippen LogP contribution in [-0.4, -0.2) is 22.7 Å². The van der Waals surface area contributed by atoms with Gasteiger partial charge in [0, 0.05) is 0 Å². The molecule has 1 N–H and O–H groups in total. The van der Waals surface area contributed by atoms with Crippen LogP contribution in [0.5, 0.6) is 0 Å². The van der Waals surface area contributed by atoms with Crippen molar-refractivity contribution in [1.82, 2.24) is 0 Å². The predicted molar refractivity (Wildman–Crippen MR) is 93.2 cm³/mol. The van der Waals surface area contributed by atoms with Crippen LogP contribution in [0.1, 0.15) is 28.4 Å². The number of carbonyl (C=O) groups is 2. The highest BCUT2D eigenvalue weighted by Gasteiger charge is 2.29. The van der Waals surface area contributed by atoms with Gasteiger partial charge in [-0.25, -0.2) is 4.79 Å². The zero-order chi connectivity index (χ0) is 17.3. The van der Waals surface area contributed by atoms with Gasteiger partial charge in [-0.15, -0.1) is 0 Å². The van der Waals surface area contributed by atoms with Gasteiger partial charge in [-0.1, -0.05) is 35.9 Å². The van der Waals surface area contributed by atoms with Gasteiger partial charge in [0.15, 0.2) is 0 Å². The SMILES string of the molecule is CC1=NN(c2cccc(C(=O)O)c2)C(=O)C1=Cc1ccc(C)cc1. The molecule has 120 valence electrons. The van der Waals surface area contributed by atoms with Gasteiger partial charge in [0.2, 0.25) is 0 Å². The molecule has 3 rings (SSSR count). The summed E-state index contributed by atoms with van der Waals surface area (Å²) in [7, 11) is 0. The van der Waals surface area contributed by atoms with Crippen molar-refractivity contribution < 1.29 is 14.7 Å². The Morgan fingerprint density at radius 3 is 2.50 bits per heavy atom. The lowest BCUT2D eigenvalue weighted by molar-refractivity contribution is -0.114. The van der Waals surface area contributed by atoms with Crippen LogP contribution in [0.3, 0.4) is 0 Å². The molecule has 0 atom stereocenters. The van der Waals surface area contributed by atoms with Gasteiger partial charge in [0.05, 0.1) is 22.5 Å². The average Bonchev–Trinajstić information content (AvgIpc) is 2.85. The number of benzene rings is 2. The third kappa shape index (κ3) is 2.96. The minimum absolute atomic E-state index is 0.115. The van der Waals surface area contributed by atoms with Gasteiger partial charge >= 0.3 is 5.97 Å². The maximum absolute atomic E-state index is 12.7. The van der Waals surface area contributed by atoms with Crippen molar-refractivity contribution >= 4 is 29.4 Å². The summed E-state index contributed by atoms with van der Waals surface area (Å²) in [6.45, 7) is 3.76. The molecule has 0 unspecified atom stereocenters. The molecule has 2 aromatic rings. The first-order chi connectivity index (χ1) is 11.5. The van der Waals surface area contributed by atoms with Crippen molar-refractivity contribution in [2.45, 2.75) is 13.8 Å². The second-order valence-corrected chi connectivity index (χ2v) is 5.63. The molecule has 2 aromatic carbocycles. The third-order valence-electron chi connectivity index (χ3n) is 3.79. The molecule has 0 saturated heterocycles. The second kappa shape index (κ2) is 6.12. The second-order valence-electron chi connectivity index (χ2n) is 5.63. The normalized spacial score (nSPS) is 15.8. The molecule has 0 radical (unpaired) electrons. The van der Waals surface area contributed by atoms with Crippen molar-refractivity contribution in [3.63, 3.8) is 0 Å². The summed E-state index contributed by atoms with van der Waals surface area (Å²) in [5, 5.41) is 14.6. The number of carbonyl (C=O) groups excluding carboxylic acids is 1. The standard InChI is InChI=1S/C19H16N2O3/c1-12-6-8-14(9-7-12)10-17-13(2)20-21(18(17)22)16-5-3-4-15(11-16)19(23)24/h3-11H,1-2H3,(H,23,24). The first-order valence-corrected chi connectivity index (χ1v) is 7.47. The number of hydrogen-bond donors (Lipinski definition) is 1. The Morgan fingerprint density at radius 2 is 1.83 bits per heavy atom. The summed E-state index contributed by atoms with van der Waals surface area (Å²) >= 11 is 0. The van der Waals surface area contributed by atoms with Gasteiger partial charge in [-0.05, 0) is 43.7 Å². The van der Waals surface area contributed by atoms with Crippen molar-refractivity contribution in [2.75, 3.05) is 5.01 Å². The lowest BCUT2D eigenvalue weighted by atomic mass is 10.1. The molecule has 0 bridgehead atoms. The highest BCUT2D eigenvalue weighted by molar-refractivity contribution is 6.32. The average molecular weight is 320 g/mol. The van der Waals surface area contributed by atoms with E-state index in [-0.39, 0.29) is 11.5 Å². The monoisotopic (exact) mass is 320 g/mol. The van der Waals surface area contributed by atoms with Crippen LogP contribution in [-0.2, 0) is 4.79 Å². The minimum atomic E-state index is -1.04. The number of hydrogen-bond acceptors (Lipinski definition) is 3. The Morgan fingerprint density at radius 1 is 1.12 bits per heavy atom. The molecule has 24 heavy (non-hydrogen) atoms. The molecule has 0 fully saturated rings. The van der Waals surface area contributed by atoms with Crippen LogP contribution >= 0.6 is 0 Å². The number of hydrazone groups is 1. The van der Waals surface area contributed by atoms with E-state index in [9.17, 15) is 9.59 Å². The van der Waals surface area contributed by atoms with Crippen LogP contribution in [0.4, 0.5) is 5.69 Å². The number of nitrogens with zero attached hydrogens (tertiary/aromatic N) is 2. The smallest absolute Gasteiger partial charge is 0.335 e. The van der Waals surface area contributed by atoms with Gasteiger partial charge in [0.1, 0.15) is 0 Å². The highest BCUT2D eigenvalue weighted by atomic mass is 16.4. The Bertz CT molecular complexity index is 880. The van der Waals surface area contributed by atoms with Crippen LogP contribution in [0.2, 0.25) is 0 Å². The van der Waals surface area contributed by atoms with Crippen molar-refractivity contribution in [2.24, 2.45) is 5.10 Å². The molecule has 0 spiro atoms. The lowest BCUT2D eigenvalue weighted by Gasteiger charge is -2.12. The van der Waals surface area contributed by atoms with Crippen molar-refractivity contribution in [3.8, 4) is 0 Å². The zero-order valence-corrected chi connectivity index (χ0v) is 13.4. The molecule has 0 aliphatic carbocycles. The summed E-state index contributed by atoms with van der Waals surface area (Å²) in [6.07, 6.45) is 1.79. The summed E-state index contributed by atoms with van der Waals surface area (Å²) in [6, 6.07) is 14.0. The summed E-state index contributed by atoms with van der Waals surface area (Å²) < 4.78 is 0. The fraction of sp³-hybridized carbons (Fsp3) is 0.105. The highest BCUT2D eigenvalue weighted by Crippen LogP contribution is 2.25. The van der Waals surface area contributed by atoms with E-state index in [1.165, 1.54) is 17.1 Å². The number of amides is 1. The fourth-order valence-corrected chi connectivity index (χ4v) is 2.46. The first-order valence-electron chi connectivity index (χ1n) is 7.47. The number of aromatic carboxylic acids is 1. The number of rotatable bonds is 3. The molecular formula is C19H16N2O3. The van der Waals surface area contributed by atoms with E-state index < -0.39 is 5.97 Å². The van der Waals surface area contributed by atoms with E-state index in [1.54, 1.807) is 25.1 Å². The molecule has 5 heteroatoms. The van der Waals surface area contributed by atoms with E-state index in [2.05, 4.69) is 5.10 Å². The number of carboxylic acids is 1.